The Labute approximate surface area is 245 Å². The number of nitrogens with zero attached hydrogens (tertiary/aromatic N) is 3. The number of aryl methyl sites for hydroxylation is 2. The highest BCUT2D eigenvalue weighted by Crippen LogP contribution is 2.43. The van der Waals surface area contributed by atoms with E-state index in [9.17, 15) is 9.90 Å². The summed E-state index contributed by atoms with van der Waals surface area (Å²) in [5, 5.41) is 17.4. The molecule has 7 rings (SSSR count). The average Bonchev–Trinajstić information content (AvgIpc) is 3.56. The average molecular weight is 570 g/mol. The van der Waals surface area contributed by atoms with Gasteiger partial charge in [-0.05, 0) is 41.8 Å². The number of aromatic nitrogens is 3. The van der Waals surface area contributed by atoms with Crippen molar-refractivity contribution in [1.82, 2.24) is 10.3 Å². The zero-order valence-electron chi connectivity index (χ0n) is 22.8. The lowest BCUT2D eigenvalue weighted by Crippen LogP contribution is -2.38. The molecule has 42 heavy (non-hydrogen) atoms. The van der Waals surface area contributed by atoms with Gasteiger partial charge in [0.2, 0.25) is 11.0 Å². The van der Waals surface area contributed by atoms with Crippen LogP contribution in [0.5, 0.6) is 5.95 Å². The minimum Gasteiger partial charge on any atom is -0.474 e. The van der Waals surface area contributed by atoms with E-state index in [1.807, 2.05) is 74.5 Å². The Morgan fingerprint density at radius 2 is 1.57 bits per heavy atom. The molecule has 7 nitrogen and oxygen atoms in total. The molecule has 0 unspecified atom stereocenters. The number of benzene rings is 4. The summed E-state index contributed by atoms with van der Waals surface area (Å²) < 4.78 is 6.34. The highest BCUT2D eigenvalue weighted by Gasteiger charge is 2.37. The normalized spacial score (nSPS) is 11.4. The lowest BCUT2D eigenvalue weighted by atomic mass is 9.96. The lowest BCUT2D eigenvalue weighted by Gasteiger charge is -2.11. The van der Waals surface area contributed by atoms with Crippen LogP contribution >= 0.6 is 11.3 Å². The number of carbonyl (C=O) groups excluding carboxylic acids is 1. The maximum Gasteiger partial charge on any atom is 0.393 e. The molecule has 3 heterocycles. The van der Waals surface area contributed by atoms with Crippen LogP contribution in [0.4, 0.5) is 5.69 Å². The molecule has 0 amide bonds. The summed E-state index contributed by atoms with van der Waals surface area (Å²) in [4.78, 5) is 19.9. The number of nitrogens with two attached hydrogens (primary N) is 1. The summed E-state index contributed by atoms with van der Waals surface area (Å²) in [5.41, 5.74) is 13.3. The number of hydrogen-bond acceptors (Lipinski definition) is 7. The Kier molecular flexibility index (Phi) is 6.06. The third-order valence-corrected chi connectivity index (χ3v) is 8.55. The van der Waals surface area contributed by atoms with E-state index in [1.54, 1.807) is 12.1 Å². The summed E-state index contributed by atoms with van der Waals surface area (Å²) in [6.07, 6.45) is 0. The minimum absolute atomic E-state index is 0.108. The monoisotopic (exact) mass is 569 g/mol. The van der Waals surface area contributed by atoms with Crippen molar-refractivity contribution in [2.24, 2.45) is 0 Å². The quantitative estimate of drug-likeness (QED) is 0.168. The molecular weight excluding hydrogens is 544 g/mol. The number of aromatic hydroxyl groups is 1. The van der Waals surface area contributed by atoms with Crippen LogP contribution in [0.15, 0.2) is 102 Å². The van der Waals surface area contributed by atoms with Crippen molar-refractivity contribution in [2.75, 3.05) is 5.73 Å². The lowest BCUT2D eigenvalue weighted by molar-refractivity contribution is -0.672. The van der Waals surface area contributed by atoms with E-state index in [0.29, 0.717) is 21.6 Å². The summed E-state index contributed by atoms with van der Waals surface area (Å²) in [5.74, 6) is -1.09. The molecular formula is C34H25N4O3S+. The van der Waals surface area contributed by atoms with E-state index >= 15 is 0 Å². The van der Waals surface area contributed by atoms with Crippen LogP contribution < -0.4 is 10.4 Å². The minimum atomic E-state index is -0.583. The number of hydrogen-bond donors (Lipinski definition) is 2. The van der Waals surface area contributed by atoms with Crippen molar-refractivity contribution < 1.29 is 19.1 Å². The Balaban J connectivity index is 1.46. The number of ketones is 1. The number of thiophene rings is 1. The Bertz CT molecular complexity index is 2140. The highest BCUT2D eigenvalue weighted by atomic mass is 32.1. The molecule has 0 radical (unpaired) electrons. The number of carbonyl (C=O) groups is 1. The van der Waals surface area contributed by atoms with Crippen molar-refractivity contribution in [3.8, 4) is 34.0 Å². The molecule has 204 valence electrons. The van der Waals surface area contributed by atoms with Gasteiger partial charge in [-0.15, -0.1) is 11.3 Å². The van der Waals surface area contributed by atoms with Gasteiger partial charge in [-0.1, -0.05) is 90.0 Å². The van der Waals surface area contributed by atoms with Crippen molar-refractivity contribution in [3.63, 3.8) is 0 Å². The van der Waals surface area contributed by atoms with E-state index in [-0.39, 0.29) is 10.6 Å². The van der Waals surface area contributed by atoms with Gasteiger partial charge in [-0.25, -0.2) is 4.98 Å². The van der Waals surface area contributed by atoms with Gasteiger partial charge in [0.05, 0.1) is 11.4 Å². The van der Waals surface area contributed by atoms with Gasteiger partial charge in [-0.3, -0.25) is 9.32 Å². The molecule has 0 bridgehead atoms. The second-order valence-corrected chi connectivity index (χ2v) is 11.3. The summed E-state index contributed by atoms with van der Waals surface area (Å²) >= 11 is 1.19. The molecule has 0 saturated carbocycles. The molecule has 0 spiro atoms. The van der Waals surface area contributed by atoms with Gasteiger partial charge in [-0.2, -0.15) is 0 Å². The molecule has 0 aliphatic carbocycles. The van der Waals surface area contributed by atoms with Crippen LogP contribution in [0, 0.1) is 13.8 Å². The van der Waals surface area contributed by atoms with Gasteiger partial charge >= 0.3 is 11.6 Å². The second-order valence-electron chi connectivity index (χ2n) is 10.3. The zero-order valence-corrected chi connectivity index (χ0v) is 23.6. The third kappa shape index (κ3) is 4.20. The molecule has 0 aliphatic heterocycles. The first-order valence-electron chi connectivity index (χ1n) is 13.4. The SMILES string of the molecule is Cc1ccc(-c2cc(-c3cccc4ccccc34)nc3sc(C(=O)c4c(O)on[n+]4-c4ccc(C)cc4)c(N)c23)cc1. The first kappa shape index (κ1) is 25.6. The maximum absolute atomic E-state index is 14.0. The predicted octanol–water partition coefficient (Wildman–Crippen LogP) is 7.18. The van der Waals surface area contributed by atoms with E-state index in [1.165, 1.54) is 16.0 Å². The Morgan fingerprint density at radius 1 is 0.881 bits per heavy atom. The Hall–Kier alpha value is -5.34. The summed E-state index contributed by atoms with van der Waals surface area (Å²) in [6.45, 7) is 4.00. The first-order chi connectivity index (χ1) is 20.4. The molecule has 3 aromatic heterocycles. The van der Waals surface area contributed by atoms with Crippen LogP contribution in [0.3, 0.4) is 0 Å². The summed E-state index contributed by atoms with van der Waals surface area (Å²) in [6, 6.07) is 32.0. The van der Waals surface area contributed by atoms with Crippen LogP contribution in [-0.2, 0) is 0 Å². The largest absolute Gasteiger partial charge is 0.474 e. The smallest absolute Gasteiger partial charge is 0.393 e. The molecule has 0 saturated heterocycles. The third-order valence-electron chi connectivity index (χ3n) is 7.45. The van der Waals surface area contributed by atoms with Gasteiger partial charge in [0.25, 0.3) is 5.78 Å². The number of rotatable bonds is 5. The number of anilines is 1. The predicted molar refractivity (Wildman–Crippen MR) is 165 cm³/mol. The fourth-order valence-electron chi connectivity index (χ4n) is 5.25. The number of nitrogen functional groups attached to an aromatic ring is 1. The van der Waals surface area contributed by atoms with Gasteiger partial charge in [0.1, 0.15) is 9.71 Å². The summed E-state index contributed by atoms with van der Waals surface area (Å²) in [7, 11) is 0. The van der Waals surface area contributed by atoms with Gasteiger partial charge < -0.3 is 10.8 Å². The topological polar surface area (TPSA) is 106 Å². The van der Waals surface area contributed by atoms with Gasteiger partial charge in [0, 0.05) is 27.8 Å². The fourth-order valence-corrected chi connectivity index (χ4v) is 6.32. The van der Waals surface area contributed by atoms with Crippen LogP contribution in [0.25, 0.3) is 49.1 Å². The van der Waals surface area contributed by atoms with Crippen molar-refractivity contribution in [3.05, 3.63) is 119 Å². The fraction of sp³-hybridized carbons (Fsp3) is 0.0588. The maximum atomic E-state index is 14.0. The Morgan fingerprint density at radius 3 is 2.33 bits per heavy atom. The second kappa shape index (κ2) is 9.94. The van der Waals surface area contributed by atoms with Crippen molar-refractivity contribution in [2.45, 2.75) is 13.8 Å². The van der Waals surface area contributed by atoms with Gasteiger partial charge in [0.15, 0.2) is 0 Å². The molecule has 3 N–H and O–H groups in total. The van der Waals surface area contributed by atoms with Crippen LogP contribution in [0.1, 0.15) is 26.5 Å². The van der Waals surface area contributed by atoms with Crippen LogP contribution in [0.2, 0.25) is 0 Å². The molecule has 7 aromatic rings. The van der Waals surface area contributed by atoms with Crippen LogP contribution in [-0.4, -0.2) is 21.1 Å². The number of fused-ring (bicyclic) bond motifs is 2. The van der Waals surface area contributed by atoms with Crippen molar-refractivity contribution in [1.29, 1.82) is 0 Å². The van der Waals surface area contributed by atoms with Crippen molar-refractivity contribution >= 4 is 43.8 Å². The van der Waals surface area contributed by atoms with E-state index in [2.05, 4.69) is 29.5 Å². The van der Waals surface area contributed by atoms with E-state index < -0.39 is 11.7 Å². The molecule has 0 atom stereocenters. The van der Waals surface area contributed by atoms with E-state index in [0.717, 1.165) is 44.3 Å². The highest BCUT2D eigenvalue weighted by molar-refractivity contribution is 7.21. The first-order valence-corrected chi connectivity index (χ1v) is 14.2. The molecule has 8 heteroatoms. The molecule has 4 aromatic carbocycles. The standard InChI is InChI=1S/C34H24N4O3S/c1-19-10-14-22(15-11-19)26-18-27(25-9-5-7-21-6-3-4-8-24(21)25)36-33-28(26)29(35)32(42-33)31(39)30-34(40)41-37-38(30)23-16-12-20(2)13-17-23/h3-18H,1-2H3,(H2-,35,37,39,40)/p+1. The van der Waals surface area contributed by atoms with E-state index in [4.69, 9.17) is 15.2 Å². The molecule has 0 aliphatic rings. The number of pyridine rings is 1. The zero-order chi connectivity index (χ0) is 29.0. The molecule has 0 fully saturated rings.